The molecule has 0 bridgehead atoms. The highest BCUT2D eigenvalue weighted by molar-refractivity contribution is 7.80. The summed E-state index contributed by atoms with van der Waals surface area (Å²) in [5.41, 5.74) is 17.7. The molecule has 0 spiro atoms. The largest absolute Gasteiger partial charge is 0.377 e. The normalized spacial score (nSPS) is 4.67. The third-order valence-corrected chi connectivity index (χ3v) is 0. The molecule has 0 aromatic heterocycles. The van der Waals surface area contributed by atoms with Gasteiger partial charge in [-0.25, -0.2) is 4.79 Å². The van der Waals surface area contributed by atoms with Crippen LogP contribution in [0.4, 0.5) is 4.79 Å². The Morgan fingerprint density at radius 1 is 0.917 bits per heavy atom. The third kappa shape index (κ3) is 153. The molecule has 0 atom stereocenters. The molecule has 0 heterocycles. The van der Waals surface area contributed by atoms with Crippen molar-refractivity contribution in [3.05, 3.63) is 0 Å². The Bertz CT molecular complexity index is 98.9. The fraction of sp³-hybridized carbons (Fsp3) is 0. The van der Waals surface area contributed by atoms with Gasteiger partial charge < -0.3 is 32.5 Å². The Kier molecular flexibility index (Phi) is 64.8. The Morgan fingerprint density at radius 3 is 0.917 bits per heavy atom. The maximum Gasteiger partial charge on any atom is 0.309 e. The molecule has 0 rings (SSSR count). The van der Waals surface area contributed by atoms with E-state index in [1.54, 1.807) is 0 Å². The van der Waals surface area contributed by atoms with Crippen molar-refractivity contribution >= 4 is 36.9 Å². The molecule has 8 N–H and O–H groups in total. The maximum atomic E-state index is 9.00. The minimum atomic E-state index is -0.833. The Labute approximate surface area is 75.1 Å². The van der Waals surface area contributed by atoms with E-state index in [0.717, 1.165) is 0 Å². The fourth-order valence-corrected chi connectivity index (χ4v) is 0. The van der Waals surface area contributed by atoms with Gasteiger partial charge in [-0.2, -0.15) is 0 Å². The number of urea groups is 1. The van der Waals surface area contributed by atoms with Crippen LogP contribution in [0.1, 0.15) is 0 Å². The molecule has 0 saturated carbocycles. The minimum Gasteiger partial charge on any atom is -0.377 e. The quantitative estimate of drug-likeness (QED) is 0.323. The first-order valence-electron chi connectivity index (χ1n) is 2.14. The number of primary amides is 2. The lowest BCUT2D eigenvalue weighted by molar-refractivity contribution is -0.0987. The molecule has 0 fully saturated rings. The number of hydrogen-bond donors (Lipinski definition) is 4. The molecule has 0 aliphatic carbocycles. The van der Waals surface area contributed by atoms with E-state index in [9.17, 15) is 0 Å². The summed E-state index contributed by atoms with van der Waals surface area (Å²) in [6, 6.07) is -0.833. The molecule has 0 aliphatic heterocycles. The van der Waals surface area contributed by atoms with Crippen LogP contribution >= 0.6 is 12.2 Å². The number of hydrogen-bond acceptors (Lipinski definition) is 4. The molecule has 8 heteroatoms. The first-order chi connectivity index (χ1) is 5.46. The molecular weight excluding hydrogens is 184 g/mol. The van der Waals surface area contributed by atoms with E-state index in [1.165, 1.54) is 0 Å². The highest BCUT2D eigenvalue weighted by Gasteiger charge is 1.60. The van der Waals surface area contributed by atoms with E-state index in [-0.39, 0.29) is 5.11 Å². The number of nitrogens with two attached hydrogens (primary N) is 4. The number of carbonyl (C=O) groups excluding carboxylic acids is 3. The molecule has 72 valence electrons. The predicted molar refractivity (Wildman–Crippen MR) is 49.0 cm³/mol. The van der Waals surface area contributed by atoms with Crippen LogP contribution in [0.5, 0.6) is 0 Å². The number of thiocarbonyl (C=S) groups is 1. The van der Waals surface area contributed by atoms with Crippen molar-refractivity contribution in [2.45, 2.75) is 0 Å². The van der Waals surface area contributed by atoms with E-state index in [4.69, 9.17) is 14.4 Å². The van der Waals surface area contributed by atoms with Crippen LogP contribution in [0.2, 0.25) is 0 Å². The van der Waals surface area contributed by atoms with Crippen molar-refractivity contribution in [1.82, 2.24) is 0 Å². The van der Waals surface area contributed by atoms with Crippen LogP contribution in [0, 0.1) is 0 Å². The predicted octanol–water partition coefficient (Wildman–Crippen LogP) is -2.16. The van der Waals surface area contributed by atoms with Crippen LogP contribution in [0.3, 0.4) is 0 Å². The summed E-state index contributed by atoms with van der Waals surface area (Å²) in [6.07, 6.45) is 0. The van der Waals surface area contributed by atoms with E-state index in [1.807, 2.05) is 13.6 Å². The lowest BCUT2D eigenvalue weighted by Crippen LogP contribution is -2.18. The summed E-state index contributed by atoms with van der Waals surface area (Å²) in [6.45, 7) is 4.00. The topological polar surface area (TPSA) is 155 Å². The van der Waals surface area contributed by atoms with Gasteiger partial charge in [-0.1, -0.05) is 0 Å². The molecule has 12 heavy (non-hydrogen) atoms. The van der Waals surface area contributed by atoms with Crippen molar-refractivity contribution in [3.63, 3.8) is 0 Å². The molecule has 0 unspecified atom stereocenters. The van der Waals surface area contributed by atoms with Crippen molar-refractivity contribution in [2.24, 2.45) is 22.9 Å². The Hall–Kier alpha value is -1.70. The molecule has 0 radical (unpaired) electrons. The smallest absolute Gasteiger partial charge is 0.309 e. The molecule has 0 aromatic carbocycles. The number of carbonyl (C=O) groups is 3. The van der Waals surface area contributed by atoms with E-state index in [0.29, 0.717) is 0 Å². The average molecular weight is 196 g/mol. The summed E-state index contributed by atoms with van der Waals surface area (Å²) in [4.78, 5) is 25.0. The van der Waals surface area contributed by atoms with Crippen LogP contribution in [0.15, 0.2) is 0 Å². The highest BCUT2D eigenvalue weighted by atomic mass is 32.1. The van der Waals surface area contributed by atoms with Crippen molar-refractivity contribution in [3.8, 4) is 0 Å². The molecule has 0 aromatic rings. The van der Waals surface area contributed by atoms with Gasteiger partial charge in [0.05, 0.1) is 0 Å². The van der Waals surface area contributed by atoms with E-state index in [2.05, 4.69) is 35.2 Å². The van der Waals surface area contributed by atoms with Gasteiger partial charge >= 0.3 is 6.03 Å². The zero-order valence-corrected chi connectivity index (χ0v) is 7.17. The molecule has 0 aliphatic rings. The highest BCUT2D eigenvalue weighted by Crippen LogP contribution is 1.32. The van der Waals surface area contributed by atoms with Crippen molar-refractivity contribution in [2.75, 3.05) is 0 Å². The van der Waals surface area contributed by atoms with Gasteiger partial charge in [0.15, 0.2) is 5.11 Å². The summed E-state index contributed by atoms with van der Waals surface area (Å²) in [7, 11) is 0. The lowest BCUT2D eigenvalue weighted by atomic mass is 11.2. The number of amides is 2. The second kappa shape index (κ2) is 34.6. The van der Waals surface area contributed by atoms with Gasteiger partial charge in [0.2, 0.25) is 0 Å². The SMILES string of the molecule is C=O.C=O.NC(N)=O.NC(N)=S. The summed E-state index contributed by atoms with van der Waals surface area (Å²) < 4.78 is 0. The van der Waals surface area contributed by atoms with Crippen molar-refractivity contribution in [1.29, 1.82) is 0 Å². The first-order valence-corrected chi connectivity index (χ1v) is 2.55. The molecule has 2 amide bonds. The van der Waals surface area contributed by atoms with Gasteiger partial charge in [0.25, 0.3) is 0 Å². The third-order valence-electron chi connectivity index (χ3n) is 0. The van der Waals surface area contributed by atoms with Crippen molar-refractivity contribution < 1.29 is 14.4 Å². The van der Waals surface area contributed by atoms with Gasteiger partial charge in [-0.05, 0) is 12.2 Å². The second-order valence-corrected chi connectivity index (χ2v) is 1.28. The summed E-state index contributed by atoms with van der Waals surface area (Å²) >= 11 is 4.09. The van der Waals surface area contributed by atoms with Crippen LogP contribution < -0.4 is 22.9 Å². The van der Waals surface area contributed by atoms with Gasteiger partial charge in [-0.15, -0.1) is 0 Å². The summed E-state index contributed by atoms with van der Waals surface area (Å²) in [5.74, 6) is 0. The molecule has 7 nitrogen and oxygen atoms in total. The van der Waals surface area contributed by atoms with E-state index >= 15 is 0 Å². The molecule has 0 saturated heterocycles. The molecular formula is C4H12N4O3S. The Morgan fingerprint density at radius 2 is 0.917 bits per heavy atom. The first kappa shape index (κ1) is 22.4. The summed E-state index contributed by atoms with van der Waals surface area (Å²) in [5, 5.41) is 0.000000000000000222. The van der Waals surface area contributed by atoms with Gasteiger partial charge in [0, 0.05) is 0 Å². The van der Waals surface area contributed by atoms with Crippen LogP contribution in [0.25, 0.3) is 0 Å². The standard InChI is InChI=1S/CH4N2O.CH4N2S.2CH2O/c2*2-1(3)4;2*1-2/h2*(H4,2,3,4);2*1H2. The monoisotopic (exact) mass is 196 g/mol. The van der Waals surface area contributed by atoms with Gasteiger partial charge in [-0.3, -0.25) is 0 Å². The minimum absolute atomic E-state index is 0.000000000000000222. The number of rotatable bonds is 0. The zero-order chi connectivity index (χ0) is 11.2. The maximum absolute atomic E-state index is 9.00. The van der Waals surface area contributed by atoms with E-state index < -0.39 is 6.03 Å². The zero-order valence-electron chi connectivity index (χ0n) is 6.36. The van der Waals surface area contributed by atoms with Crippen LogP contribution in [-0.4, -0.2) is 24.7 Å². The fourth-order valence-electron chi connectivity index (χ4n) is 0. The average Bonchev–Trinajstić information content (AvgIpc) is 1.93. The van der Waals surface area contributed by atoms with Gasteiger partial charge in [0.1, 0.15) is 13.6 Å². The lowest BCUT2D eigenvalue weighted by Gasteiger charge is -1.68. The second-order valence-electron chi connectivity index (χ2n) is 0.805. The Balaban J connectivity index is -0.0000000380. The van der Waals surface area contributed by atoms with Crippen LogP contribution in [-0.2, 0) is 9.59 Å².